The number of nitrogens with one attached hydrogen (secondary N) is 1. The molecule has 2 heterocycles. The molecule has 144 valence electrons. The summed E-state index contributed by atoms with van der Waals surface area (Å²) in [5, 5.41) is 4.86. The van der Waals surface area contributed by atoms with Gasteiger partial charge >= 0.3 is 5.97 Å². The SMILES string of the molecule is CC(=O)c1cc(C(=O)OCC(=O)N[C@@H](c2ccccc2)c2cccs2)n(C)c1. The van der Waals surface area contributed by atoms with E-state index >= 15 is 0 Å². The number of carbonyl (C=O) groups is 3. The highest BCUT2D eigenvalue weighted by atomic mass is 32.1. The lowest BCUT2D eigenvalue weighted by Gasteiger charge is -2.18. The summed E-state index contributed by atoms with van der Waals surface area (Å²) >= 11 is 1.54. The summed E-state index contributed by atoms with van der Waals surface area (Å²) in [6, 6.07) is 14.6. The first-order valence-corrected chi connectivity index (χ1v) is 9.56. The van der Waals surface area contributed by atoms with E-state index in [-0.39, 0.29) is 17.5 Å². The van der Waals surface area contributed by atoms with Crippen molar-refractivity contribution in [2.75, 3.05) is 6.61 Å². The number of amides is 1. The number of hydrogen-bond acceptors (Lipinski definition) is 5. The Morgan fingerprint density at radius 2 is 1.89 bits per heavy atom. The molecule has 0 spiro atoms. The van der Waals surface area contributed by atoms with Crippen LogP contribution in [0.2, 0.25) is 0 Å². The Bertz CT molecular complexity index is 977. The Balaban J connectivity index is 1.65. The largest absolute Gasteiger partial charge is 0.451 e. The first kappa shape index (κ1) is 19.6. The molecule has 1 N–H and O–H groups in total. The zero-order valence-corrected chi connectivity index (χ0v) is 16.4. The van der Waals surface area contributed by atoms with Crippen molar-refractivity contribution in [1.29, 1.82) is 0 Å². The number of rotatable bonds is 7. The van der Waals surface area contributed by atoms with Gasteiger partial charge in [-0.3, -0.25) is 9.59 Å². The van der Waals surface area contributed by atoms with Crippen LogP contribution in [0.5, 0.6) is 0 Å². The Hall–Kier alpha value is -3.19. The van der Waals surface area contributed by atoms with Gasteiger partial charge in [-0.1, -0.05) is 36.4 Å². The third kappa shape index (κ3) is 4.55. The van der Waals surface area contributed by atoms with Crippen molar-refractivity contribution in [1.82, 2.24) is 9.88 Å². The number of esters is 1. The normalized spacial score (nSPS) is 11.6. The molecule has 0 bridgehead atoms. The number of thiophene rings is 1. The molecule has 0 unspecified atom stereocenters. The topological polar surface area (TPSA) is 77.4 Å². The number of ketones is 1. The Morgan fingerprint density at radius 3 is 2.50 bits per heavy atom. The predicted octanol–water partition coefficient (Wildman–Crippen LogP) is 3.35. The van der Waals surface area contributed by atoms with Crippen molar-refractivity contribution in [3.8, 4) is 0 Å². The van der Waals surface area contributed by atoms with Crippen molar-refractivity contribution >= 4 is 29.0 Å². The number of Topliss-reactive ketones (excluding diaryl/α,β-unsaturated/α-hetero) is 1. The lowest BCUT2D eigenvalue weighted by atomic mass is 10.1. The molecule has 1 atom stereocenters. The van der Waals surface area contributed by atoms with E-state index in [1.54, 1.807) is 13.2 Å². The van der Waals surface area contributed by atoms with Crippen molar-refractivity contribution in [2.45, 2.75) is 13.0 Å². The fourth-order valence-electron chi connectivity index (χ4n) is 2.79. The maximum absolute atomic E-state index is 12.4. The molecule has 6 nitrogen and oxygen atoms in total. The molecule has 28 heavy (non-hydrogen) atoms. The van der Waals surface area contributed by atoms with Crippen LogP contribution in [0, 0.1) is 0 Å². The number of aryl methyl sites for hydroxylation is 1. The summed E-state index contributed by atoms with van der Waals surface area (Å²) in [7, 11) is 1.64. The van der Waals surface area contributed by atoms with Gasteiger partial charge in [-0.25, -0.2) is 4.79 Å². The number of aromatic nitrogens is 1. The summed E-state index contributed by atoms with van der Waals surface area (Å²) in [5.41, 5.74) is 1.58. The molecule has 7 heteroatoms. The molecule has 1 aromatic carbocycles. The zero-order valence-electron chi connectivity index (χ0n) is 15.5. The van der Waals surface area contributed by atoms with Gasteiger partial charge in [0.25, 0.3) is 5.91 Å². The average molecular weight is 396 g/mol. The van der Waals surface area contributed by atoms with Crippen LogP contribution in [0.25, 0.3) is 0 Å². The van der Waals surface area contributed by atoms with E-state index in [9.17, 15) is 14.4 Å². The van der Waals surface area contributed by atoms with Gasteiger partial charge in [0.15, 0.2) is 12.4 Å². The van der Waals surface area contributed by atoms with Crippen LogP contribution in [0.3, 0.4) is 0 Å². The van der Waals surface area contributed by atoms with Crippen LogP contribution in [0.1, 0.15) is 44.3 Å². The number of benzene rings is 1. The second-order valence-electron chi connectivity index (χ2n) is 6.28. The molecule has 0 radical (unpaired) electrons. The molecule has 0 fully saturated rings. The van der Waals surface area contributed by atoms with Crippen LogP contribution in [-0.2, 0) is 16.6 Å². The van der Waals surface area contributed by atoms with Crippen LogP contribution >= 0.6 is 11.3 Å². The minimum Gasteiger partial charge on any atom is -0.451 e. The van der Waals surface area contributed by atoms with Crippen molar-refractivity contribution in [2.24, 2.45) is 7.05 Å². The van der Waals surface area contributed by atoms with Crippen molar-refractivity contribution in [3.05, 3.63) is 81.8 Å². The summed E-state index contributed by atoms with van der Waals surface area (Å²) in [6.07, 6.45) is 1.56. The molecule has 0 saturated heterocycles. The molecule has 3 aromatic rings. The van der Waals surface area contributed by atoms with E-state index in [1.165, 1.54) is 28.9 Å². The molecular weight excluding hydrogens is 376 g/mol. The predicted molar refractivity (Wildman–Crippen MR) is 106 cm³/mol. The van der Waals surface area contributed by atoms with Gasteiger partial charge in [0.05, 0.1) is 6.04 Å². The minimum absolute atomic E-state index is 0.144. The van der Waals surface area contributed by atoms with Crippen LogP contribution in [-0.4, -0.2) is 28.8 Å². The quantitative estimate of drug-likeness (QED) is 0.491. The summed E-state index contributed by atoms with van der Waals surface area (Å²) in [6.45, 7) is 1.01. The van der Waals surface area contributed by atoms with Gasteiger partial charge in [-0.15, -0.1) is 11.3 Å². The van der Waals surface area contributed by atoms with Gasteiger partial charge in [0, 0.05) is 23.7 Å². The molecule has 0 aliphatic heterocycles. The van der Waals surface area contributed by atoms with E-state index in [2.05, 4.69) is 5.32 Å². The molecule has 3 rings (SSSR count). The zero-order chi connectivity index (χ0) is 20.1. The van der Waals surface area contributed by atoms with Gasteiger partial charge in [-0.2, -0.15) is 0 Å². The van der Waals surface area contributed by atoms with Crippen molar-refractivity contribution in [3.63, 3.8) is 0 Å². The molecule has 0 aliphatic carbocycles. The van der Waals surface area contributed by atoms with Crippen LogP contribution in [0.4, 0.5) is 0 Å². The number of hydrogen-bond donors (Lipinski definition) is 1. The van der Waals surface area contributed by atoms with E-state index in [0.717, 1.165) is 10.4 Å². The lowest BCUT2D eigenvalue weighted by molar-refractivity contribution is -0.124. The monoisotopic (exact) mass is 396 g/mol. The number of nitrogens with zero attached hydrogens (tertiary/aromatic N) is 1. The smallest absolute Gasteiger partial charge is 0.355 e. The van der Waals surface area contributed by atoms with E-state index < -0.39 is 18.5 Å². The summed E-state index contributed by atoms with van der Waals surface area (Å²) in [5.74, 6) is -1.21. The van der Waals surface area contributed by atoms with Gasteiger partial charge in [-0.05, 0) is 30.0 Å². The van der Waals surface area contributed by atoms with Crippen molar-refractivity contribution < 1.29 is 19.1 Å². The second kappa shape index (κ2) is 8.67. The van der Waals surface area contributed by atoms with Gasteiger partial charge in [0.2, 0.25) is 0 Å². The molecule has 2 aromatic heterocycles. The van der Waals surface area contributed by atoms with Crippen LogP contribution in [0.15, 0.2) is 60.1 Å². The number of carbonyl (C=O) groups excluding carboxylic acids is 3. The molecule has 0 saturated carbocycles. The fraction of sp³-hybridized carbons (Fsp3) is 0.190. The Morgan fingerprint density at radius 1 is 1.14 bits per heavy atom. The maximum Gasteiger partial charge on any atom is 0.355 e. The third-order valence-corrected chi connectivity index (χ3v) is 5.16. The minimum atomic E-state index is -0.655. The van der Waals surface area contributed by atoms with Crippen LogP contribution < -0.4 is 5.32 Å². The third-order valence-electron chi connectivity index (χ3n) is 4.22. The van der Waals surface area contributed by atoms with E-state index in [4.69, 9.17) is 4.74 Å². The molecular formula is C21H20N2O4S. The first-order chi connectivity index (χ1) is 13.5. The van der Waals surface area contributed by atoms with Gasteiger partial charge < -0.3 is 14.6 Å². The lowest BCUT2D eigenvalue weighted by Crippen LogP contribution is -2.32. The average Bonchev–Trinajstić information content (AvgIpc) is 3.35. The second-order valence-corrected chi connectivity index (χ2v) is 7.26. The maximum atomic E-state index is 12.4. The fourth-order valence-corrected chi connectivity index (χ4v) is 3.59. The number of ether oxygens (including phenoxy) is 1. The molecule has 0 aliphatic rings. The standard InChI is InChI=1S/C21H20N2O4S/c1-14(24)16-11-17(23(2)12-16)21(26)27-13-19(25)22-20(18-9-6-10-28-18)15-7-4-3-5-8-15/h3-12,20H,13H2,1-2H3,(H,22,25)/t20-/m0/s1. The van der Waals surface area contributed by atoms with Gasteiger partial charge in [0.1, 0.15) is 5.69 Å². The Labute approximate surface area is 166 Å². The Kier molecular flexibility index (Phi) is 6.06. The highest BCUT2D eigenvalue weighted by Crippen LogP contribution is 2.25. The van der Waals surface area contributed by atoms with E-state index in [0.29, 0.717) is 5.56 Å². The van der Waals surface area contributed by atoms with E-state index in [1.807, 2.05) is 47.8 Å². The highest BCUT2D eigenvalue weighted by Gasteiger charge is 2.20. The highest BCUT2D eigenvalue weighted by molar-refractivity contribution is 7.10. The summed E-state index contributed by atoms with van der Waals surface area (Å²) < 4.78 is 6.65. The summed E-state index contributed by atoms with van der Waals surface area (Å²) in [4.78, 5) is 37.1. The first-order valence-electron chi connectivity index (χ1n) is 8.68. The molecule has 1 amide bonds.